The van der Waals surface area contributed by atoms with Gasteiger partial charge in [0.15, 0.2) is 11.6 Å². The van der Waals surface area contributed by atoms with Crippen molar-refractivity contribution in [2.45, 2.75) is 46.2 Å². The molecule has 0 saturated carbocycles. The van der Waals surface area contributed by atoms with E-state index in [0.717, 1.165) is 24.3 Å². The lowest BCUT2D eigenvalue weighted by Gasteiger charge is -2.27. The van der Waals surface area contributed by atoms with E-state index in [1.807, 2.05) is 19.1 Å². The first-order valence-corrected chi connectivity index (χ1v) is 9.64. The zero-order valence-electron chi connectivity index (χ0n) is 16.7. The molecule has 0 N–H and O–H groups in total. The van der Waals surface area contributed by atoms with E-state index in [2.05, 4.69) is 30.2 Å². The third-order valence-corrected chi connectivity index (χ3v) is 4.98. The first kappa shape index (κ1) is 19.0. The number of rotatable bonds is 6. The van der Waals surface area contributed by atoms with Gasteiger partial charge >= 0.3 is 0 Å². The maximum atomic E-state index is 12.3. The maximum Gasteiger partial charge on any atom is 0.258 e. The van der Waals surface area contributed by atoms with Crippen molar-refractivity contribution < 1.29 is 13.8 Å². The van der Waals surface area contributed by atoms with Crippen molar-refractivity contribution in [3.05, 3.63) is 35.9 Å². The highest BCUT2D eigenvalue weighted by Crippen LogP contribution is 2.26. The minimum atomic E-state index is -0.0113. The van der Waals surface area contributed by atoms with Crippen molar-refractivity contribution in [1.29, 1.82) is 0 Å². The van der Waals surface area contributed by atoms with Gasteiger partial charge in [-0.2, -0.15) is 9.97 Å². The highest BCUT2D eigenvalue weighted by atomic mass is 16.5. The molecule has 10 nitrogen and oxygen atoms in total. The molecule has 1 fully saturated rings. The van der Waals surface area contributed by atoms with E-state index in [4.69, 9.17) is 9.05 Å². The quantitative estimate of drug-likeness (QED) is 0.616. The molecule has 1 saturated heterocycles. The summed E-state index contributed by atoms with van der Waals surface area (Å²) in [5.74, 6) is 2.97. The van der Waals surface area contributed by atoms with Gasteiger partial charge in [0.25, 0.3) is 5.89 Å². The third kappa shape index (κ3) is 4.10. The van der Waals surface area contributed by atoms with Crippen LogP contribution in [0.4, 0.5) is 5.82 Å². The van der Waals surface area contributed by atoms with Crippen molar-refractivity contribution in [2.24, 2.45) is 0 Å². The van der Waals surface area contributed by atoms with Crippen molar-refractivity contribution in [2.75, 3.05) is 18.0 Å². The average Bonchev–Trinajstić information content (AvgIpc) is 3.46. The van der Waals surface area contributed by atoms with E-state index < -0.39 is 0 Å². The molecule has 0 aliphatic carbocycles. The Morgan fingerprint density at radius 3 is 2.86 bits per heavy atom. The summed E-state index contributed by atoms with van der Waals surface area (Å²) in [4.78, 5) is 29.3. The van der Waals surface area contributed by atoms with Crippen molar-refractivity contribution in [3.63, 3.8) is 0 Å². The van der Waals surface area contributed by atoms with Crippen molar-refractivity contribution in [1.82, 2.24) is 30.2 Å². The van der Waals surface area contributed by atoms with Gasteiger partial charge in [-0.3, -0.25) is 4.79 Å². The number of anilines is 1. The second kappa shape index (κ2) is 7.98. The highest BCUT2D eigenvalue weighted by molar-refractivity contribution is 5.73. The van der Waals surface area contributed by atoms with Crippen LogP contribution < -0.4 is 4.90 Å². The van der Waals surface area contributed by atoms with Crippen LogP contribution in [-0.4, -0.2) is 55.2 Å². The van der Waals surface area contributed by atoms with Crippen LogP contribution in [0.3, 0.4) is 0 Å². The largest absolute Gasteiger partial charge is 0.354 e. The summed E-state index contributed by atoms with van der Waals surface area (Å²) in [6, 6.07) is 3.82. The Kier molecular flexibility index (Phi) is 5.24. The van der Waals surface area contributed by atoms with Gasteiger partial charge in [0.05, 0.1) is 12.6 Å². The van der Waals surface area contributed by atoms with Gasteiger partial charge in [0.2, 0.25) is 11.8 Å². The molecule has 152 valence electrons. The Hall–Kier alpha value is -3.30. The molecule has 0 radical (unpaired) electrons. The number of hydrogen-bond donors (Lipinski definition) is 0. The summed E-state index contributed by atoms with van der Waals surface area (Å²) < 4.78 is 10.4. The summed E-state index contributed by atoms with van der Waals surface area (Å²) in [6.07, 6.45) is 3.24. The van der Waals surface area contributed by atoms with Crippen LogP contribution in [0.2, 0.25) is 0 Å². The first-order chi connectivity index (χ1) is 14.0. The SMILES string of the molecule is CCc1nc(CN(C(C)=O)[C@@H]2CCN(c3cc(-c4nc(C)no4)ccn3)C2)no1. The molecule has 10 heteroatoms. The fraction of sp³-hybridized carbons (Fsp3) is 0.474. The molecule has 29 heavy (non-hydrogen) atoms. The zero-order valence-corrected chi connectivity index (χ0v) is 16.7. The predicted octanol–water partition coefficient (Wildman–Crippen LogP) is 2.01. The highest BCUT2D eigenvalue weighted by Gasteiger charge is 2.31. The normalized spacial score (nSPS) is 16.4. The number of aryl methyl sites for hydroxylation is 2. The first-order valence-electron chi connectivity index (χ1n) is 9.64. The summed E-state index contributed by atoms with van der Waals surface area (Å²) in [5.41, 5.74) is 0.821. The van der Waals surface area contributed by atoms with Gasteiger partial charge in [-0.1, -0.05) is 17.2 Å². The summed E-state index contributed by atoms with van der Waals surface area (Å²) in [5, 5.41) is 7.81. The smallest absolute Gasteiger partial charge is 0.258 e. The van der Waals surface area contributed by atoms with Crippen molar-refractivity contribution in [3.8, 4) is 11.5 Å². The Balaban J connectivity index is 1.48. The van der Waals surface area contributed by atoms with Crippen LogP contribution in [0.5, 0.6) is 0 Å². The molecule has 3 aromatic rings. The average molecular weight is 397 g/mol. The van der Waals surface area contributed by atoms with E-state index >= 15 is 0 Å². The minimum absolute atomic E-state index is 0.0113. The van der Waals surface area contributed by atoms with E-state index in [1.165, 1.54) is 0 Å². The maximum absolute atomic E-state index is 12.3. The molecule has 1 aliphatic rings. The van der Waals surface area contributed by atoms with Crippen LogP contribution >= 0.6 is 0 Å². The third-order valence-electron chi connectivity index (χ3n) is 4.98. The number of hydrogen-bond acceptors (Lipinski definition) is 9. The molecular weight excluding hydrogens is 374 g/mol. The zero-order chi connectivity index (χ0) is 20.4. The second-order valence-electron chi connectivity index (χ2n) is 7.04. The van der Waals surface area contributed by atoms with Crippen LogP contribution in [0, 0.1) is 6.92 Å². The fourth-order valence-corrected chi connectivity index (χ4v) is 3.49. The van der Waals surface area contributed by atoms with E-state index in [1.54, 1.807) is 24.9 Å². The Morgan fingerprint density at radius 1 is 1.31 bits per heavy atom. The Morgan fingerprint density at radius 2 is 2.17 bits per heavy atom. The molecule has 4 heterocycles. The standard InChI is InChI=1S/C19H23N7O3/c1-4-18-22-16(24-28-18)11-26(13(3)27)15-6-8-25(10-15)17-9-14(5-7-20-17)19-21-12(2)23-29-19/h5,7,9,15H,4,6,8,10-11H2,1-3H3/t15-/m1/s1. The van der Waals surface area contributed by atoms with Crippen LogP contribution in [-0.2, 0) is 17.8 Å². The van der Waals surface area contributed by atoms with Crippen LogP contribution in [0.15, 0.2) is 27.4 Å². The fourth-order valence-electron chi connectivity index (χ4n) is 3.49. The lowest BCUT2D eigenvalue weighted by Crippen LogP contribution is -2.40. The number of nitrogens with zero attached hydrogens (tertiary/aromatic N) is 7. The Labute approximate surface area is 167 Å². The lowest BCUT2D eigenvalue weighted by molar-refractivity contribution is -0.131. The number of aromatic nitrogens is 5. The number of carbonyl (C=O) groups is 1. The second-order valence-corrected chi connectivity index (χ2v) is 7.04. The van der Waals surface area contributed by atoms with Crippen LogP contribution in [0.25, 0.3) is 11.5 Å². The number of carbonyl (C=O) groups excluding carboxylic acids is 1. The van der Waals surface area contributed by atoms with Gasteiger partial charge in [0, 0.05) is 38.2 Å². The molecular formula is C19H23N7O3. The molecule has 4 rings (SSSR count). The molecule has 1 amide bonds. The van der Waals surface area contributed by atoms with Gasteiger partial charge < -0.3 is 18.8 Å². The molecule has 3 aromatic heterocycles. The molecule has 0 spiro atoms. The van der Waals surface area contributed by atoms with Crippen LogP contribution in [0.1, 0.15) is 37.8 Å². The molecule has 0 bridgehead atoms. The number of pyridine rings is 1. The van der Waals surface area contributed by atoms with Gasteiger partial charge in [-0.15, -0.1) is 0 Å². The predicted molar refractivity (Wildman–Crippen MR) is 103 cm³/mol. The molecule has 0 unspecified atom stereocenters. The minimum Gasteiger partial charge on any atom is -0.354 e. The van der Waals surface area contributed by atoms with E-state index in [0.29, 0.717) is 42.9 Å². The summed E-state index contributed by atoms with van der Waals surface area (Å²) in [6.45, 7) is 7.11. The van der Waals surface area contributed by atoms with E-state index in [9.17, 15) is 4.79 Å². The molecule has 0 aromatic carbocycles. The molecule has 1 atom stereocenters. The lowest BCUT2D eigenvalue weighted by atomic mass is 10.2. The molecule has 1 aliphatic heterocycles. The van der Waals surface area contributed by atoms with Gasteiger partial charge in [0.1, 0.15) is 5.82 Å². The monoisotopic (exact) mass is 397 g/mol. The number of amides is 1. The van der Waals surface area contributed by atoms with Gasteiger partial charge in [-0.05, 0) is 25.5 Å². The van der Waals surface area contributed by atoms with E-state index in [-0.39, 0.29) is 11.9 Å². The summed E-state index contributed by atoms with van der Waals surface area (Å²) >= 11 is 0. The Bertz CT molecular complexity index is 999. The van der Waals surface area contributed by atoms with Gasteiger partial charge in [-0.25, -0.2) is 4.98 Å². The summed E-state index contributed by atoms with van der Waals surface area (Å²) in [7, 11) is 0. The van der Waals surface area contributed by atoms with Crippen molar-refractivity contribution >= 4 is 11.7 Å². The topological polar surface area (TPSA) is 114 Å².